The quantitative estimate of drug-likeness (QED) is 0.272. The fourth-order valence-electron chi connectivity index (χ4n) is 9.46. The minimum Gasteiger partial charge on any atom is -0.393 e. The normalized spacial score (nSPS) is 44.2. The van der Waals surface area contributed by atoms with Crippen LogP contribution in [0.2, 0.25) is 0 Å². The summed E-state index contributed by atoms with van der Waals surface area (Å²) in [6.45, 7) is 11.2. The van der Waals surface area contributed by atoms with Gasteiger partial charge in [0.05, 0.1) is 24.4 Å². The molecule has 7 N–H and O–H groups in total. The molecular weight excluding hydrogens is 466 g/mol. The Morgan fingerprint density at radius 1 is 0.811 bits per heavy atom. The van der Waals surface area contributed by atoms with Gasteiger partial charge in [-0.1, -0.05) is 13.8 Å². The fraction of sp³-hybridized carbons (Fsp3) is 1.00. The van der Waals surface area contributed by atoms with Crippen LogP contribution in [-0.2, 0) is 14.2 Å². The molecule has 216 valence electrons. The second-order valence-electron chi connectivity index (χ2n) is 13.2. The standard InChI is InChI=1S/C30H57N3O4/c1-20(34)23-7-8-24-28-25(19-27(30(23,24)3)37-16-6-13-33)29(2)10-9-22(35-14-4-11-31)17-21(29)18-26(28)36-15-5-12-32/h20-28,34H,4-19,31-33H2,1-3H3/t20-,21?,22+,23+,24-,25-,26+,27-,28?,29-,30+/m0/s1. The Morgan fingerprint density at radius 2 is 1.46 bits per heavy atom. The molecular formula is C30H57N3O4. The molecule has 4 rings (SSSR count). The van der Waals surface area contributed by atoms with Gasteiger partial charge in [-0.3, -0.25) is 0 Å². The van der Waals surface area contributed by atoms with Gasteiger partial charge in [-0.15, -0.1) is 0 Å². The lowest BCUT2D eigenvalue weighted by molar-refractivity contribution is -0.229. The second-order valence-corrected chi connectivity index (χ2v) is 13.2. The summed E-state index contributed by atoms with van der Waals surface area (Å²) in [5.41, 5.74) is 17.6. The van der Waals surface area contributed by atoms with E-state index in [-0.39, 0.29) is 35.1 Å². The summed E-state index contributed by atoms with van der Waals surface area (Å²) >= 11 is 0. The fourth-order valence-corrected chi connectivity index (χ4v) is 9.46. The van der Waals surface area contributed by atoms with Crippen molar-refractivity contribution in [3.8, 4) is 0 Å². The van der Waals surface area contributed by atoms with E-state index in [0.717, 1.165) is 71.0 Å². The molecule has 0 amide bonds. The molecule has 0 saturated heterocycles. The van der Waals surface area contributed by atoms with Crippen LogP contribution in [-0.4, -0.2) is 69.0 Å². The van der Waals surface area contributed by atoms with Gasteiger partial charge in [0, 0.05) is 25.2 Å². The highest BCUT2D eigenvalue weighted by molar-refractivity contribution is 5.15. The van der Waals surface area contributed by atoms with Gasteiger partial charge in [0.15, 0.2) is 0 Å². The molecule has 0 aromatic heterocycles. The molecule has 7 heteroatoms. The Hall–Kier alpha value is -0.280. The van der Waals surface area contributed by atoms with Crippen molar-refractivity contribution < 1.29 is 19.3 Å². The van der Waals surface area contributed by atoms with Gasteiger partial charge >= 0.3 is 0 Å². The van der Waals surface area contributed by atoms with E-state index in [4.69, 9.17) is 31.4 Å². The zero-order valence-corrected chi connectivity index (χ0v) is 23.9. The van der Waals surface area contributed by atoms with Crippen LogP contribution in [0.5, 0.6) is 0 Å². The Labute approximate surface area is 225 Å². The molecule has 0 aromatic carbocycles. The van der Waals surface area contributed by atoms with E-state index in [2.05, 4.69) is 13.8 Å². The van der Waals surface area contributed by atoms with Crippen LogP contribution in [0.4, 0.5) is 0 Å². The number of hydrogen-bond acceptors (Lipinski definition) is 7. The first kappa shape index (κ1) is 29.7. The van der Waals surface area contributed by atoms with Crippen molar-refractivity contribution in [1.82, 2.24) is 0 Å². The smallest absolute Gasteiger partial charge is 0.0638 e. The van der Waals surface area contributed by atoms with Crippen molar-refractivity contribution in [2.45, 2.75) is 109 Å². The SMILES string of the molecule is C[C@H](O)[C@H]1CC[C@H]2C3[C@H](OCCCN)CC4C[C@H](OCCCN)CC[C@]4(C)[C@H]3C[C@H](OCCCN)[C@]12C. The van der Waals surface area contributed by atoms with Gasteiger partial charge in [0.1, 0.15) is 0 Å². The zero-order valence-electron chi connectivity index (χ0n) is 23.9. The first-order valence-corrected chi connectivity index (χ1v) is 15.4. The summed E-state index contributed by atoms with van der Waals surface area (Å²) in [4.78, 5) is 0. The van der Waals surface area contributed by atoms with Crippen molar-refractivity contribution in [3.05, 3.63) is 0 Å². The Morgan fingerprint density at radius 3 is 2.11 bits per heavy atom. The third kappa shape index (κ3) is 5.79. The summed E-state index contributed by atoms with van der Waals surface area (Å²) < 4.78 is 19.8. The number of nitrogens with two attached hydrogens (primary N) is 3. The van der Waals surface area contributed by atoms with E-state index >= 15 is 0 Å². The summed E-state index contributed by atoms with van der Waals surface area (Å²) in [6.07, 6.45) is 11.0. The predicted octanol–water partition coefficient (Wildman–Crippen LogP) is 3.45. The van der Waals surface area contributed by atoms with Crippen LogP contribution in [0.25, 0.3) is 0 Å². The van der Waals surface area contributed by atoms with Crippen molar-refractivity contribution in [1.29, 1.82) is 0 Å². The van der Waals surface area contributed by atoms with E-state index in [0.29, 0.717) is 56.0 Å². The molecule has 4 saturated carbocycles. The Bertz CT molecular complexity index is 710. The largest absolute Gasteiger partial charge is 0.393 e. The second kappa shape index (κ2) is 12.9. The van der Waals surface area contributed by atoms with Crippen molar-refractivity contribution in [2.24, 2.45) is 57.6 Å². The molecule has 0 aromatic rings. The zero-order chi connectivity index (χ0) is 26.6. The average Bonchev–Trinajstić information content (AvgIpc) is 3.23. The number of ether oxygens (including phenoxy) is 3. The van der Waals surface area contributed by atoms with Crippen molar-refractivity contribution >= 4 is 0 Å². The summed E-state index contributed by atoms with van der Waals surface area (Å²) in [6, 6.07) is 0. The van der Waals surface area contributed by atoms with Gasteiger partial charge in [-0.25, -0.2) is 0 Å². The third-order valence-corrected chi connectivity index (χ3v) is 11.4. The van der Waals surface area contributed by atoms with Gasteiger partial charge < -0.3 is 36.5 Å². The van der Waals surface area contributed by atoms with Crippen LogP contribution in [0, 0.1) is 40.4 Å². The van der Waals surface area contributed by atoms with Gasteiger partial charge in [-0.05, 0) is 126 Å². The molecule has 2 unspecified atom stereocenters. The molecule has 37 heavy (non-hydrogen) atoms. The average molecular weight is 524 g/mol. The van der Waals surface area contributed by atoms with E-state index in [9.17, 15) is 5.11 Å². The van der Waals surface area contributed by atoms with Crippen LogP contribution >= 0.6 is 0 Å². The lowest BCUT2D eigenvalue weighted by Gasteiger charge is -2.64. The number of rotatable bonds is 13. The van der Waals surface area contributed by atoms with Crippen LogP contribution in [0.1, 0.15) is 85.0 Å². The van der Waals surface area contributed by atoms with Crippen LogP contribution in [0.3, 0.4) is 0 Å². The monoisotopic (exact) mass is 523 g/mol. The van der Waals surface area contributed by atoms with E-state index in [1.165, 1.54) is 6.42 Å². The highest BCUT2D eigenvalue weighted by Gasteiger charge is 2.66. The minimum absolute atomic E-state index is 0.0366. The number of fused-ring (bicyclic) bond motifs is 5. The Kier molecular flexibility index (Phi) is 10.4. The lowest BCUT2D eigenvalue weighted by atomic mass is 9.43. The third-order valence-electron chi connectivity index (χ3n) is 11.4. The Balaban J connectivity index is 1.63. The molecule has 0 heterocycles. The predicted molar refractivity (Wildman–Crippen MR) is 148 cm³/mol. The molecule has 7 nitrogen and oxygen atoms in total. The molecule has 4 aliphatic rings. The highest BCUT2D eigenvalue weighted by atomic mass is 16.5. The molecule has 4 fully saturated rings. The first-order valence-electron chi connectivity index (χ1n) is 15.4. The van der Waals surface area contributed by atoms with Gasteiger partial charge in [0.25, 0.3) is 0 Å². The van der Waals surface area contributed by atoms with Crippen LogP contribution in [0.15, 0.2) is 0 Å². The maximum absolute atomic E-state index is 10.9. The molecule has 11 atom stereocenters. The molecule has 0 spiro atoms. The molecule has 0 radical (unpaired) electrons. The first-order chi connectivity index (χ1) is 17.8. The summed E-state index contributed by atoms with van der Waals surface area (Å²) in [5, 5.41) is 10.9. The van der Waals surface area contributed by atoms with Crippen molar-refractivity contribution in [2.75, 3.05) is 39.5 Å². The summed E-state index contributed by atoms with van der Waals surface area (Å²) in [5.74, 6) is 2.44. The van der Waals surface area contributed by atoms with Gasteiger partial charge in [0.2, 0.25) is 0 Å². The topological polar surface area (TPSA) is 126 Å². The van der Waals surface area contributed by atoms with E-state index in [1.54, 1.807) is 0 Å². The minimum atomic E-state index is -0.322. The van der Waals surface area contributed by atoms with Crippen molar-refractivity contribution in [3.63, 3.8) is 0 Å². The highest BCUT2D eigenvalue weighted by Crippen LogP contribution is 2.68. The maximum Gasteiger partial charge on any atom is 0.0638 e. The number of aliphatic hydroxyl groups is 1. The number of aliphatic hydroxyl groups excluding tert-OH is 1. The summed E-state index contributed by atoms with van der Waals surface area (Å²) in [7, 11) is 0. The van der Waals surface area contributed by atoms with E-state index < -0.39 is 0 Å². The molecule has 0 bridgehead atoms. The molecule has 4 aliphatic carbocycles. The molecule has 0 aliphatic heterocycles. The lowest BCUT2D eigenvalue weighted by Crippen LogP contribution is -2.63. The van der Waals surface area contributed by atoms with E-state index in [1.807, 2.05) is 6.92 Å². The maximum atomic E-state index is 10.9. The number of hydrogen-bond donors (Lipinski definition) is 4. The van der Waals surface area contributed by atoms with Gasteiger partial charge in [-0.2, -0.15) is 0 Å². The van der Waals surface area contributed by atoms with Crippen LogP contribution < -0.4 is 17.2 Å².